The van der Waals surface area contributed by atoms with Gasteiger partial charge in [0.25, 0.3) is 0 Å². The monoisotopic (exact) mass is 228 g/mol. The van der Waals surface area contributed by atoms with Crippen molar-refractivity contribution in [3.63, 3.8) is 0 Å². The fourth-order valence-electron chi connectivity index (χ4n) is 1.02. The van der Waals surface area contributed by atoms with Crippen LogP contribution < -0.4 is 0 Å². The standard InChI is InChI=1S/C12H14F2O2/c1-12(2,3)11(15)16-7-8-9(13)5-4-6-10(8)14/h4-6H,7H2,1-3H3. The van der Waals surface area contributed by atoms with E-state index in [1.807, 2.05) is 0 Å². The molecule has 0 radical (unpaired) electrons. The Morgan fingerprint density at radius 3 is 2.19 bits per heavy atom. The normalized spacial score (nSPS) is 11.3. The molecule has 16 heavy (non-hydrogen) atoms. The highest BCUT2D eigenvalue weighted by molar-refractivity contribution is 5.75. The Balaban J connectivity index is 2.73. The van der Waals surface area contributed by atoms with Crippen LogP contribution in [0.1, 0.15) is 26.3 Å². The van der Waals surface area contributed by atoms with Crippen LogP contribution in [-0.2, 0) is 16.1 Å². The third-order valence-electron chi connectivity index (χ3n) is 2.02. The smallest absolute Gasteiger partial charge is 0.311 e. The van der Waals surface area contributed by atoms with Crippen molar-refractivity contribution in [1.82, 2.24) is 0 Å². The van der Waals surface area contributed by atoms with Gasteiger partial charge in [0.05, 0.1) is 11.0 Å². The van der Waals surface area contributed by atoms with Crippen molar-refractivity contribution < 1.29 is 18.3 Å². The van der Waals surface area contributed by atoms with E-state index < -0.39 is 23.0 Å². The Hall–Kier alpha value is -1.45. The molecule has 0 bridgehead atoms. The molecule has 0 aromatic heterocycles. The van der Waals surface area contributed by atoms with Crippen LogP contribution in [-0.4, -0.2) is 5.97 Å². The van der Waals surface area contributed by atoms with Crippen LogP contribution in [0.5, 0.6) is 0 Å². The number of carbonyl (C=O) groups is 1. The van der Waals surface area contributed by atoms with Crippen molar-refractivity contribution in [2.75, 3.05) is 0 Å². The lowest BCUT2D eigenvalue weighted by molar-refractivity contribution is -0.154. The highest BCUT2D eigenvalue weighted by Crippen LogP contribution is 2.18. The van der Waals surface area contributed by atoms with Gasteiger partial charge in [-0.3, -0.25) is 4.79 Å². The Morgan fingerprint density at radius 1 is 1.25 bits per heavy atom. The quantitative estimate of drug-likeness (QED) is 0.727. The molecular weight excluding hydrogens is 214 g/mol. The van der Waals surface area contributed by atoms with E-state index >= 15 is 0 Å². The molecule has 0 fully saturated rings. The molecule has 0 heterocycles. The van der Waals surface area contributed by atoms with Crippen LogP contribution in [0.25, 0.3) is 0 Å². The maximum Gasteiger partial charge on any atom is 0.311 e. The zero-order chi connectivity index (χ0) is 12.3. The second kappa shape index (κ2) is 4.60. The van der Waals surface area contributed by atoms with E-state index in [0.29, 0.717) is 0 Å². The third-order valence-corrected chi connectivity index (χ3v) is 2.02. The Labute approximate surface area is 93.2 Å². The van der Waals surface area contributed by atoms with Gasteiger partial charge in [-0.2, -0.15) is 0 Å². The number of hydrogen-bond donors (Lipinski definition) is 0. The first-order valence-corrected chi connectivity index (χ1v) is 4.92. The molecule has 1 aromatic carbocycles. The summed E-state index contributed by atoms with van der Waals surface area (Å²) < 4.78 is 31.2. The molecule has 88 valence electrons. The number of hydrogen-bond acceptors (Lipinski definition) is 2. The van der Waals surface area contributed by atoms with Gasteiger partial charge in [-0.05, 0) is 32.9 Å². The molecule has 0 aliphatic heterocycles. The molecule has 0 N–H and O–H groups in total. The number of halogens is 2. The number of esters is 1. The molecule has 0 atom stereocenters. The molecule has 0 saturated heterocycles. The molecule has 4 heteroatoms. The van der Waals surface area contributed by atoms with Crippen LogP contribution in [0.4, 0.5) is 8.78 Å². The lowest BCUT2D eigenvalue weighted by Gasteiger charge is -2.16. The van der Waals surface area contributed by atoms with Gasteiger partial charge in [-0.1, -0.05) is 6.07 Å². The highest BCUT2D eigenvalue weighted by Gasteiger charge is 2.23. The molecule has 0 unspecified atom stereocenters. The van der Waals surface area contributed by atoms with E-state index in [1.54, 1.807) is 20.8 Å². The van der Waals surface area contributed by atoms with Gasteiger partial charge in [-0.15, -0.1) is 0 Å². The Kier molecular flexibility index (Phi) is 3.62. The summed E-state index contributed by atoms with van der Waals surface area (Å²) in [6.07, 6.45) is 0. The van der Waals surface area contributed by atoms with Crippen molar-refractivity contribution in [3.8, 4) is 0 Å². The predicted molar refractivity (Wildman–Crippen MR) is 55.6 cm³/mol. The summed E-state index contributed by atoms with van der Waals surface area (Å²) >= 11 is 0. The average molecular weight is 228 g/mol. The maximum absolute atomic E-state index is 13.2. The zero-order valence-corrected chi connectivity index (χ0v) is 9.51. The van der Waals surface area contributed by atoms with E-state index in [-0.39, 0.29) is 12.2 Å². The van der Waals surface area contributed by atoms with Gasteiger partial charge in [-0.25, -0.2) is 8.78 Å². The van der Waals surface area contributed by atoms with Gasteiger partial charge < -0.3 is 4.74 Å². The van der Waals surface area contributed by atoms with Crippen LogP contribution in [0.15, 0.2) is 18.2 Å². The topological polar surface area (TPSA) is 26.3 Å². The summed E-state index contributed by atoms with van der Waals surface area (Å²) in [5.74, 6) is -1.90. The summed E-state index contributed by atoms with van der Waals surface area (Å²) in [6.45, 7) is 4.64. The van der Waals surface area contributed by atoms with Crippen LogP contribution in [0.3, 0.4) is 0 Å². The van der Waals surface area contributed by atoms with Crippen LogP contribution >= 0.6 is 0 Å². The number of rotatable bonds is 2. The molecule has 2 nitrogen and oxygen atoms in total. The van der Waals surface area contributed by atoms with Gasteiger partial charge in [0.1, 0.15) is 18.2 Å². The second-order valence-corrected chi connectivity index (χ2v) is 4.53. The first-order valence-electron chi connectivity index (χ1n) is 4.92. The molecule has 0 spiro atoms. The summed E-state index contributed by atoms with van der Waals surface area (Å²) in [6, 6.07) is 3.52. The fourth-order valence-corrected chi connectivity index (χ4v) is 1.02. The molecule has 1 rings (SSSR count). The Morgan fingerprint density at radius 2 is 1.75 bits per heavy atom. The second-order valence-electron chi connectivity index (χ2n) is 4.53. The van der Waals surface area contributed by atoms with Gasteiger partial charge >= 0.3 is 5.97 Å². The highest BCUT2D eigenvalue weighted by atomic mass is 19.1. The van der Waals surface area contributed by atoms with Gasteiger partial charge in [0.2, 0.25) is 0 Å². The largest absolute Gasteiger partial charge is 0.460 e. The molecule has 0 saturated carbocycles. The summed E-state index contributed by atoms with van der Waals surface area (Å²) in [5.41, 5.74) is -0.901. The minimum atomic E-state index is -0.707. The molecule has 0 amide bonds. The summed E-state index contributed by atoms with van der Waals surface area (Å²) in [4.78, 5) is 11.4. The third kappa shape index (κ3) is 3.02. The van der Waals surface area contributed by atoms with E-state index in [1.165, 1.54) is 6.07 Å². The van der Waals surface area contributed by atoms with Crippen molar-refractivity contribution in [2.24, 2.45) is 5.41 Å². The van der Waals surface area contributed by atoms with E-state index in [0.717, 1.165) is 12.1 Å². The zero-order valence-electron chi connectivity index (χ0n) is 9.51. The van der Waals surface area contributed by atoms with E-state index in [9.17, 15) is 13.6 Å². The first-order chi connectivity index (χ1) is 7.32. The molecule has 0 aliphatic rings. The Bertz CT molecular complexity index is 374. The van der Waals surface area contributed by atoms with Crippen molar-refractivity contribution in [3.05, 3.63) is 35.4 Å². The summed E-state index contributed by atoms with van der Waals surface area (Å²) in [5, 5.41) is 0. The maximum atomic E-state index is 13.2. The minimum Gasteiger partial charge on any atom is -0.460 e. The van der Waals surface area contributed by atoms with Crippen molar-refractivity contribution in [1.29, 1.82) is 0 Å². The fraction of sp³-hybridized carbons (Fsp3) is 0.417. The van der Waals surface area contributed by atoms with E-state index in [4.69, 9.17) is 4.74 Å². The predicted octanol–water partition coefficient (Wildman–Crippen LogP) is 3.05. The molecule has 1 aromatic rings. The minimum absolute atomic E-state index is 0.222. The summed E-state index contributed by atoms with van der Waals surface area (Å²) in [7, 11) is 0. The number of carbonyl (C=O) groups excluding carboxylic acids is 1. The number of ether oxygens (including phenoxy) is 1. The van der Waals surface area contributed by atoms with Crippen molar-refractivity contribution >= 4 is 5.97 Å². The molecule has 0 aliphatic carbocycles. The van der Waals surface area contributed by atoms with Crippen molar-refractivity contribution in [2.45, 2.75) is 27.4 Å². The lowest BCUT2D eigenvalue weighted by Crippen LogP contribution is -2.23. The number of benzene rings is 1. The lowest BCUT2D eigenvalue weighted by atomic mass is 9.97. The van der Waals surface area contributed by atoms with Crippen LogP contribution in [0.2, 0.25) is 0 Å². The van der Waals surface area contributed by atoms with Crippen LogP contribution in [0, 0.1) is 17.0 Å². The van der Waals surface area contributed by atoms with Gasteiger partial charge in [0, 0.05) is 0 Å². The average Bonchev–Trinajstić information content (AvgIpc) is 2.15. The first kappa shape index (κ1) is 12.6. The van der Waals surface area contributed by atoms with E-state index in [2.05, 4.69) is 0 Å². The SMILES string of the molecule is CC(C)(C)C(=O)OCc1c(F)cccc1F. The molecular formula is C12H14F2O2. The van der Waals surface area contributed by atoms with Gasteiger partial charge in [0.15, 0.2) is 0 Å².